The normalized spacial score (nSPS) is 16.5. The molecule has 2 aromatic rings. The third-order valence-corrected chi connectivity index (χ3v) is 5.81. The van der Waals surface area contributed by atoms with E-state index in [1.165, 1.54) is 11.5 Å². The maximum atomic E-state index is 11.6. The second kappa shape index (κ2) is 9.02. The Morgan fingerprint density at radius 3 is 2.69 bits per heavy atom. The third-order valence-electron chi connectivity index (χ3n) is 4.54. The van der Waals surface area contributed by atoms with E-state index in [0.717, 1.165) is 47.5 Å². The van der Waals surface area contributed by atoms with Crippen molar-refractivity contribution in [1.29, 1.82) is 0 Å². The summed E-state index contributed by atoms with van der Waals surface area (Å²) in [6.45, 7) is 4.26. The number of carbonyl (C=O) groups excluding carboxylic acids is 1. The number of hydrogen-bond donors (Lipinski definition) is 1. The molecule has 0 saturated carbocycles. The van der Waals surface area contributed by atoms with Gasteiger partial charge in [0, 0.05) is 42.6 Å². The van der Waals surface area contributed by atoms with Crippen molar-refractivity contribution in [2.24, 2.45) is 5.92 Å². The lowest BCUT2D eigenvalue weighted by Gasteiger charge is -2.31. The zero-order chi connectivity index (χ0) is 18.5. The molecular weight excluding hydrogens is 391 g/mol. The molecule has 140 valence electrons. The monoisotopic (exact) mass is 412 g/mol. The molecule has 8 heteroatoms. The molecular formula is C18H22Cl2N4OS. The van der Waals surface area contributed by atoms with Crippen LogP contribution in [0.5, 0.6) is 0 Å². The lowest BCUT2D eigenvalue weighted by atomic mass is 9.97. The maximum Gasteiger partial charge on any atom is 0.237 e. The molecule has 0 unspecified atom stereocenters. The molecule has 0 bridgehead atoms. The van der Waals surface area contributed by atoms with E-state index < -0.39 is 5.38 Å². The number of carbonyl (C=O) groups is 1. The maximum absolute atomic E-state index is 11.6. The molecule has 1 fully saturated rings. The molecule has 1 aromatic carbocycles. The minimum Gasteiger partial charge on any atom is -0.355 e. The highest BCUT2D eigenvalue weighted by atomic mass is 35.5. The van der Waals surface area contributed by atoms with Gasteiger partial charge in [0.2, 0.25) is 11.0 Å². The molecule has 3 rings (SSSR count). The van der Waals surface area contributed by atoms with Gasteiger partial charge in [0.25, 0.3) is 0 Å². The highest BCUT2D eigenvalue weighted by Gasteiger charge is 2.22. The van der Waals surface area contributed by atoms with Crippen molar-refractivity contribution in [1.82, 2.24) is 14.7 Å². The van der Waals surface area contributed by atoms with Crippen LogP contribution < -0.4 is 10.2 Å². The van der Waals surface area contributed by atoms with E-state index in [1.54, 1.807) is 6.92 Å². The standard InChI is InChI=1S/C18H22Cl2N4OS/c1-12(19)17(25)21-11-14-6-8-24(9-7-14)18-22-16(23-26-18)10-13-2-4-15(20)5-3-13/h2-5,12,14H,6-11H2,1H3,(H,21,25)/t12-/m0/s1. The van der Waals surface area contributed by atoms with E-state index >= 15 is 0 Å². The Morgan fingerprint density at radius 2 is 2.04 bits per heavy atom. The number of nitrogens with one attached hydrogen (secondary N) is 1. The molecule has 1 atom stereocenters. The zero-order valence-corrected chi connectivity index (χ0v) is 16.9. The Bertz CT molecular complexity index is 727. The molecule has 26 heavy (non-hydrogen) atoms. The fourth-order valence-corrected chi connectivity index (χ4v) is 3.88. The molecule has 1 N–H and O–H groups in total. The van der Waals surface area contributed by atoms with Gasteiger partial charge in [-0.25, -0.2) is 4.98 Å². The highest BCUT2D eigenvalue weighted by Crippen LogP contribution is 2.25. The number of hydrogen-bond acceptors (Lipinski definition) is 5. The van der Waals surface area contributed by atoms with Crippen molar-refractivity contribution in [2.75, 3.05) is 24.5 Å². The largest absolute Gasteiger partial charge is 0.355 e. The highest BCUT2D eigenvalue weighted by molar-refractivity contribution is 7.09. The van der Waals surface area contributed by atoms with E-state index in [1.807, 2.05) is 24.3 Å². The van der Waals surface area contributed by atoms with Crippen LogP contribution in [0.15, 0.2) is 24.3 Å². The van der Waals surface area contributed by atoms with Crippen LogP contribution in [0.1, 0.15) is 31.2 Å². The fourth-order valence-electron chi connectivity index (χ4n) is 2.94. The third kappa shape index (κ3) is 5.32. The molecule has 2 heterocycles. The molecule has 0 radical (unpaired) electrons. The smallest absolute Gasteiger partial charge is 0.237 e. The van der Waals surface area contributed by atoms with Crippen molar-refractivity contribution in [3.05, 3.63) is 40.7 Å². The van der Waals surface area contributed by atoms with Gasteiger partial charge in [0.05, 0.1) is 0 Å². The Hall–Kier alpha value is -1.37. The van der Waals surface area contributed by atoms with Gasteiger partial charge in [-0.2, -0.15) is 4.37 Å². The predicted molar refractivity (Wildman–Crippen MR) is 107 cm³/mol. The quantitative estimate of drug-likeness (QED) is 0.733. The van der Waals surface area contributed by atoms with E-state index in [4.69, 9.17) is 23.2 Å². The van der Waals surface area contributed by atoms with E-state index in [9.17, 15) is 4.79 Å². The second-order valence-electron chi connectivity index (χ2n) is 6.59. The molecule has 0 spiro atoms. The Balaban J connectivity index is 1.48. The molecule has 1 saturated heterocycles. The predicted octanol–water partition coefficient (Wildman–Crippen LogP) is 3.74. The van der Waals surface area contributed by atoms with Crippen LogP contribution in [0.3, 0.4) is 0 Å². The number of rotatable bonds is 6. The minimum atomic E-state index is -0.476. The summed E-state index contributed by atoms with van der Waals surface area (Å²) in [5, 5.41) is 4.16. The van der Waals surface area contributed by atoms with Gasteiger partial charge in [-0.15, -0.1) is 11.6 Å². The molecule has 0 aliphatic carbocycles. The van der Waals surface area contributed by atoms with Crippen LogP contribution in [-0.4, -0.2) is 40.3 Å². The number of halogens is 2. The van der Waals surface area contributed by atoms with Crippen molar-refractivity contribution in [3.63, 3.8) is 0 Å². The van der Waals surface area contributed by atoms with Gasteiger partial charge in [-0.3, -0.25) is 4.79 Å². The van der Waals surface area contributed by atoms with Crippen molar-refractivity contribution in [2.45, 2.75) is 31.6 Å². The van der Waals surface area contributed by atoms with Gasteiger partial charge in [-0.1, -0.05) is 23.7 Å². The van der Waals surface area contributed by atoms with Gasteiger partial charge in [-0.05, 0) is 43.4 Å². The topological polar surface area (TPSA) is 58.1 Å². The van der Waals surface area contributed by atoms with E-state index in [2.05, 4.69) is 19.6 Å². The molecule has 1 aliphatic heterocycles. The van der Waals surface area contributed by atoms with Gasteiger partial charge in [0.1, 0.15) is 11.2 Å². The number of piperidine rings is 1. The molecule has 5 nitrogen and oxygen atoms in total. The Morgan fingerprint density at radius 1 is 1.35 bits per heavy atom. The lowest BCUT2D eigenvalue weighted by Crippen LogP contribution is -2.40. The summed E-state index contributed by atoms with van der Waals surface area (Å²) in [4.78, 5) is 18.5. The summed E-state index contributed by atoms with van der Waals surface area (Å²) in [6.07, 6.45) is 2.78. The summed E-state index contributed by atoms with van der Waals surface area (Å²) in [5.41, 5.74) is 1.15. The van der Waals surface area contributed by atoms with Crippen LogP contribution in [0.25, 0.3) is 0 Å². The summed E-state index contributed by atoms with van der Waals surface area (Å²) >= 11 is 13.2. The van der Waals surface area contributed by atoms with Crippen molar-refractivity contribution >= 4 is 45.8 Å². The minimum absolute atomic E-state index is 0.0925. The van der Waals surface area contributed by atoms with Gasteiger partial charge in [0.15, 0.2) is 0 Å². The van der Waals surface area contributed by atoms with Crippen LogP contribution in [0.2, 0.25) is 5.02 Å². The van der Waals surface area contributed by atoms with Gasteiger partial charge >= 0.3 is 0 Å². The summed E-state index contributed by atoms with van der Waals surface area (Å²) in [6, 6.07) is 7.78. The number of alkyl halides is 1. The van der Waals surface area contributed by atoms with E-state index in [0.29, 0.717) is 18.9 Å². The number of nitrogens with zero attached hydrogens (tertiary/aromatic N) is 3. The second-order valence-corrected chi connectivity index (χ2v) is 8.41. The molecule has 1 aromatic heterocycles. The lowest BCUT2D eigenvalue weighted by molar-refractivity contribution is -0.120. The van der Waals surface area contributed by atoms with Crippen LogP contribution in [0, 0.1) is 5.92 Å². The number of benzene rings is 1. The summed E-state index contributed by atoms with van der Waals surface area (Å²) in [5.74, 6) is 1.25. The summed E-state index contributed by atoms with van der Waals surface area (Å²) in [7, 11) is 0. The SMILES string of the molecule is C[C@H](Cl)C(=O)NCC1CCN(c2nc(Cc3ccc(Cl)cc3)ns2)CC1. The summed E-state index contributed by atoms with van der Waals surface area (Å²) < 4.78 is 4.49. The fraction of sp³-hybridized carbons (Fsp3) is 0.500. The first-order chi connectivity index (χ1) is 12.5. The average molecular weight is 413 g/mol. The number of aromatic nitrogens is 2. The Kier molecular flexibility index (Phi) is 6.73. The molecule has 1 aliphatic rings. The molecule has 1 amide bonds. The van der Waals surface area contributed by atoms with Crippen LogP contribution >= 0.6 is 34.7 Å². The average Bonchev–Trinajstić information content (AvgIpc) is 3.10. The first-order valence-corrected chi connectivity index (χ1v) is 10.3. The van der Waals surface area contributed by atoms with Crippen molar-refractivity contribution < 1.29 is 4.79 Å². The van der Waals surface area contributed by atoms with Crippen LogP contribution in [-0.2, 0) is 11.2 Å². The zero-order valence-electron chi connectivity index (χ0n) is 14.6. The van der Waals surface area contributed by atoms with Gasteiger partial charge < -0.3 is 10.2 Å². The Labute approximate surface area is 167 Å². The number of amides is 1. The number of anilines is 1. The van der Waals surface area contributed by atoms with Crippen molar-refractivity contribution in [3.8, 4) is 0 Å². The first kappa shape index (κ1) is 19.4. The van der Waals surface area contributed by atoms with E-state index in [-0.39, 0.29) is 5.91 Å². The van der Waals surface area contributed by atoms with Crippen LogP contribution in [0.4, 0.5) is 5.13 Å². The first-order valence-electron chi connectivity index (χ1n) is 8.75.